The van der Waals surface area contributed by atoms with E-state index in [4.69, 9.17) is 4.74 Å². The lowest BCUT2D eigenvalue weighted by Crippen LogP contribution is -2.28. The van der Waals surface area contributed by atoms with Gasteiger partial charge in [-0.1, -0.05) is 18.2 Å². The summed E-state index contributed by atoms with van der Waals surface area (Å²) in [6, 6.07) is 9.51. The second-order valence-electron chi connectivity index (χ2n) is 4.93. The number of carbonyl (C=O) groups is 1. The van der Waals surface area contributed by atoms with Crippen molar-refractivity contribution < 1.29 is 27.4 Å². The average molecular weight is 352 g/mol. The monoisotopic (exact) mass is 352 g/mol. The molecule has 0 bridgehead atoms. The van der Waals surface area contributed by atoms with Crippen LogP contribution in [0, 0.1) is 5.82 Å². The fourth-order valence-electron chi connectivity index (χ4n) is 2.04. The lowest BCUT2D eigenvalue weighted by atomic mass is 10.1. The van der Waals surface area contributed by atoms with Crippen molar-refractivity contribution in [3.05, 3.63) is 59.4 Å². The van der Waals surface area contributed by atoms with Crippen LogP contribution in [0.25, 0.3) is 0 Å². The largest absolute Gasteiger partial charge is 0.545 e. The standard InChI is InChI=1S/C16H16FNO5S/c1-23-13-5-2-11(3-6-13)8-9-18-24(21,22)15-10-12(16(19)20)4-7-14(15)17/h2-7,10,18H,8-9H2,1H3,(H,19,20)/p-1. The Labute approximate surface area is 138 Å². The summed E-state index contributed by atoms with van der Waals surface area (Å²) in [7, 11) is -2.63. The Morgan fingerprint density at radius 2 is 1.88 bits per heavy atom. The molecule has 2 aromatic carbocycles. The van der Waals surface area contributed by atoms with Crippen molar-refractivity contribution in [1.29, 1.82) is 0 Å². The minimum atomic E-state index is -4.17. The molecule has 0 aliphatic heterocycles. The molecule has 0 spiro atoms. The lowest BCUT2D eigenvalue weighted by Gasteiger charge is -2.10. The third kappa shape index (κ3) is 4.30. The van der Waals surface area contributed by atoms with Gasteiger partial charge in [-0.2, -0.15) is 0 Å². The van der Waals surface area contributed by atoms with Crippen LogP contribution in [0.2, 0.25) is 0 Å². The van der Waals surface area contributed by atoms with E-state index in [-0.39, 0.29) is 6.54 Å². The number of nitrogens with one attached hydrogen (secondary N) is 1. The minimum Gasteiger partial charge on any atom is -0.545 e. The number of carboxylic acid groups (broad SMARTS) is 1. The predicted molar refractivity (Wildman–Crippen MR) is 82.6 cm³/mol. The highest BCUT2D eigenvalue weighted by Gasteiger charge is 2.19. The van der Waals surface area contributed by atoms with Crippen molar-refractivity contribution in [2.45, 2.75) is 11.3 Å². The molecule has 0 saturated carbocycles. The number of sulfonamides is 1. The van der Waals surface area contributed by atoms with Crippen LogP contribution in [0.15, 0.2) is 47.4 Å². The molecule has 1 N–H and O–H groups in total. The Morgan fingerprint density at radius 3 is 2.46 bits per heavy atom. The summed E-state index contributed by atoms with van der Waals surface area (Å²) < 4.78 is 45.3. The van der Waals surface area contributed by atoms with E-state index in [1.54, 1.807) is 31.4 Å². The van der Waals surface area contributed by atoms with Gasteiger partial charge < -0.3 is 14.6 Å². The first-order chi connectivity index (χ1) is 11.3. The molecular formula is C16H15FNO5S-. The Morgan fingerprint density at radius 1 is 1.21 bits per heavy atom. The van der Waals surface area contributed by atoms with E-state index in [2.05, 4.69) is 4.72 Å². The van der Waals surface area contributed by atoms with Crippen molar-refractivity contribution in [2.24, 2.45) is 0 Å². The second kappa shape index (κ2) is 7.41. The summed E-state index contributed by atoms with van der Waals surface area (Å²) >= 11 is 0. The molecule has 0 atom stereocenters. The zero-order valence-electron chi connectivity index (χ0n) is 12.8. The Kier molecular flexibility index (Phi) is 5.53. The number of methoxy groups -OCH3 is 1. The van der Waals surface area contributed by atoms with Crippen molar-refractivity contribution >= 4 is 16.0 Å². The fourth-order valence-corrected chi connectivity index (χ4v) is 3.17. The molecule has 0 aliphatic rings. The molecule has 0 unspecified atom stereocenters. The van der Waals surface area contributed by atoms with Gasteiger partial charge in [0.2, 0.25) is 10.0 Å². The Hall–Kier alpha value is -2.45. The molecule has 2 aromatic rings. The van der Waals surface area contributed by atoms with E-state index in [1.807, 2.05) is 0 Å². The van der Waals surface area contributed by atoms with Gasteiger partial charge in [-0.15, -0.1) is 0 Å². The second-order valence-corrected chi connectivity index (χ2v) is 6.66. The van der Waals surface area contributed by atoms with E-state index >= 15 is 0 Å². The molecule has 0 fully saturated rings. The smallest absolute Gasteiger partial charge is 0.243 e. The third-order valence-corrected chi connectivity index (χ3v) is 4.80. The third-order valence-electron chi connectivity index (χ3n) is 3.32. The summed E-state index contributed by atoms with van der Waals surface area (Å²) in [5.41, 5.74) is 0.453. The molecule has 0 saturated heterocycles. The molecular weight excluding hydrogens is 337 g/mol. The lowest BCUT2D eigenvalue weighted by molar-refractivity contribution is -0.255. The number of rotatable bonds is 7. The molecule has 0 amide bonds. The van der Waals surface area contributed by atoms with E-state index in [0.717, 1.165) is 23.8 Å². The fraction of sp³-hybridized carbons (Fsp3) is 0.188. The summed E-state index contributed by atoms with van der Waals surface area (Å²) in [6.45, 7) is 0.0314. The molecule has 2 rings (SSSR count). The van der Waals surface area contributed by atoms with Gasteiger partial charge in [0.1, 0.15) is 16.5 Å². The number of halogens is 1. The molecule has 24 heavy (non-hydrogen) atoms. The number of carbonyl (C=O) groups excluding carboxylic acids is 1. The number of carboxylic acids is 1. The first-order valence-corrected chi connectivity index (χ1v) is 8.45. The van der Waals surface area contributed by atoms with Crippen molar-refractivity contribution in [1.82, 2.24) is 4.72 Å². The molecule has 0 heterocycles. The maximum Gasteiger partial charge on any atom is 0.243 e. The van der Waals surface area contributed by atoms with Crippen LogP contribution in [0.5, 0.6) is 5.75 Å². The summed E-state index contributed by atoms with van der Waals surface area (Å²) in [4.78, 5) is 10.1. The zero-order valence-corrected chi connectivity index (χ0v) is 13.6. The zero-order chi connectivity index (χ0) is 17.7. The van der Waals surface area contributed by atoms with E-state index in [0.29, 0.717) is 12.2 Å². The summed E-state index contributed by atoms with van der Waals surface area (Å²) in [6.07, 6.45) is 0.380. The van der Waals surface area contributed by atoms with Gasteiger partial charge in [-0.3, -0.25) is 0 Å². The van der Waals surface area contributed by atoms with Gasteiger partial charge in [0.15, 0.2) is 0 Å². The quantitative estimate of drug-likeness (QED) is 0.792. The molecule has 8 heteroatoms. The van der Waals surface area contributed by atoms with Gasteiger partial charge in [-0.05, 0) is 41.8 Å². The number of ether oxygens (including phenoxy) is 1. The van der Waals surface area contributed by atoms with E-state index in [9.17, 15) is 22.7 Å². The highest BCUT2D eigenvalue weighted by Crippen LogP contribution is 2.16. The van der Waals surface area contributed by atoms with E-state index in [1.165, 1.54) is 0 Å². The Bertz CT molecular complexity index is 834. The van der Waals surface area contributed by atoms with Crippen LogP contribution in [0.1, 0.15) is 15.9 Å². The van der Waals surface area contributed by atoms with Crippen molar-refractivity contribution in [3.8, 4) is 5.75 Å². The summed E-state index contributed by atoms with van der Waals surface area (Å²) in [5, 5.41) is 10.8. The normalized spacial score (nSPS) is 11.2. The molecule has 0 radical (unpaired) electrons. The average Bonchev–Trinajstić information content (AvgIpc) is 2.55. The molecule has 0 aromatic heterocycles. The number of hydrogen-bond donors (Lipinski definition) is 1. The first kappa shape index (κ1) is 17.9. The molecule has 6 nitrogen and oxygen atoms in total. The maximum atomic E-state index is 13.7. The van der Waals surface area contributed by atoms with Gasteiger partial charge in [0.25, 0.3) is 0 Å². The predicted octanol–water partition coefficient (Wildman–Crippen LogP) is 0.719. The van der Waals surface area contributed by atoms with Gasteiger partial charge in [-0.25, -0.2) is 17.5 Å². The highest BCUT2D eigenvalue weighted by atomic mass is 32.2. The van der Waals surface area contributed by atoms with Crippen LogP contribution in [-0.4, -0.2) is 28.0 Å². The highest BCUT2D eigenvalue weighted by molar-refractivity contribution is 7.89. The maximum absolute atomic E-state index is 13.7. The molecule has 0 aliphatic carbocycles. The van der Waals surface area contributed by atoms with Crippen LogP contribution >= 0.6 is 0 Å². The number of aromatic carboxylic acids is 1. The Balaban J connectivity index is 2.08. The van der Waals surface area contributed by atoms with Crippen LogP contribution in [0.4, 0.5) is 4.39 Å². The van der Waals surface area contributed by atoms with Crippen molar-refractivity contribution in [2.75, 3.05) is 13.7 Å². The van der Waals surface area contributed by atoms with Crippen LogP contribution in [0.3, 0.4) is 0 Å². The summed E-state index contributed by atoms with van der Waals surface area (Å²) in [5.74, 6) is -1.93. The van der Waals surface area contributed by atoms with E-state index < -0.39 is 32.3 Å². The van der Waals surface area contributed by atoms with Crippen LogP contribution < -0.4 is 14.6 Å². The SMILES string of the molecule is COc1ccc(CCNS(=O)(=O)c2cc(C(=O)[O-])ccc2F)cc1. The minimum absolute atomic E-state index is 0.0314. The number of benzene rings is 2. The van der Waals surface area contributed by atoms with Gasteiger partial charge in [0.05, 0.1) is 13.1 Å². The van der Waals surface area contributed by atoms with Gasteiger partial charge >= 0.3 is 0 Å². The topological polar surface area (TPSA) is 95.5 Å². The van der Waals surface area contributed by atoms with Crippen LogP contribution in [-0.2, 0) is 16.4 Å². The number of hydrogen-bond acceptors (Lipinski definition) is 5. The molecule has 128 valence electrons. The first-order valence-electron chi connectivity index (χ1n) is 6.97. The van der Waals surface area contributed by atoms with Crippen molar-refractivity contribution in [3.63, 3.8) is 0 Å². The van der Waals surface area contributed by atoms with Gasteiger partial charge in [0, 0.05) is 6.54 Å².